The second kappa shape index (κ2) is 10.4. The third-order valence-electron chi connectivity index (χ3n) is 3.55. The molecule has 0 fully saturated rings. The van der Waals surface area contributed by atoms with Crippen LogP contribution in [0.3, 0.4) is 0 Å². The molecule has 1 atom stereocenters. The van der Waals surface area contributed by atoms with Crippen molar-refractivity contribution in [1.29, 1.82) is 0 Å². The molecule has 3 nitrogen and oxygen atoms in total. The third-order valence-corrected chi connectivity index (χ3v) is 3.55. The number of hydrogen-bond donors (Lipinski definition) is 1. The maximum Gasteiger partial charge on any atom is 0.119 e. The van der Waals surface area contributed by atoms with Crippen molar-refractivity contribution < 1.29 is 9.84 Å². The van der Waals surface area contributed by atoms with E-state index in [9.17, 15) is 5.11 Å². The molecule has 0 aliphatic heterocycles. The van der Waals surface area contributed by atoms with Crippen molar-refractivity contribution in [2.75, 3.05) is 26.2 Å². The summed E-state index contributed by atoms with van der Waals surface area (Å²) in [6.07, 6.45) is 2.67. The fourth-order valence-corrected chi connectivity index (χ4v) is 2.43. The van der Waals surface area contributed by atoms with Gasteiger partial charge in [0.15, 0.2) is 0 Å². The molecule has 0 aromatic heterocycles. The number of nitrogens with zero attached hydrogens (tertiary/aromatic N) is 1. The van der Waals surface area contributed by atoms with Crippen LogP contribution in [-0.2, 0) is 0 Å². The Morgan fingerprint density at radius 2 is 1.73 bits per heavy atom. The van der Waals surface area contributed by atoms with Gasteiger partial charge in [0.25, 0.3) is 0 Å². The Bertz CT molecular complexity index is 422. The first-order chi connectivity index (χ1) is 10.6. The van der Waals surface area contributed by atoms with Gasteiger partial charge in [-0.15, -0.1) is 0 Å². The Kier molecular flexibility index (Phi) is 8.86. The van der Waals surface area contributed by atoms with Gasteiger partial charge in [0, 0.05) is 6.54 Å². The standard InChI is InChI=1S/C19H31NO2/c1-5-12-20(13-6-2)14-11-19(21)17-7-9-18(10-8-17)22-15-16(3)4/h7-10,19,21H,3,5-6,11-15H2,1-2,4H3. The molecule has 3 heteroatoms. The molecule has 0 saturated carbocycles. The number of aliphatic hydroxyl groups excluding tert-OH is 1. The molecule has 0 aliphatic rings. The molecule has 1 N–H and O–H groups in total. The Morgan fingerprint density at radius 3 is 2.23 bits per heavy atom. The quantitative estimate of drug-likeness (QED) is 0.622. The molecule has 0 radical (unpaired) electrons. The summed E-state index contributed by atoms with van der Waals surface area (Å²) in [5.74, 6) is 0.817. The van der Waals surface area contributed by atoms with E-state index in [2.05, 4.69) is 25.3 Å². The van der Waals surface area contributed by atoms with Crippen LogP contribution in [0.25, 0.3) is 0 Å². The van der Waals surface area contributed by atoms with Crippen molar-refractivity contribution >= 4 is 0 Å². The molecule has 0 heterocycles. The van der Waals surface area contributed by atoms with E-state index in [1.54, 1.807) is 0 Å². The van der Waals surface area contributed by atoms with Crippen LogP contribution in [0.5, 0.6) is 5.75 Å². The first-order valence-corrected chi connectivity index (χ1v) is 8.34. The summed E-state index contributed by atoms with van der Waals surface area (Å²) >= 11 is 0. The zero-order valence-electron chi connectivity index (χ0n) is 14.3. The summed E-state index contributed by atoms with van der Waals surface area (Å²) in [4.78, 5) is 2.42. The molecule has 124 valence electrons. The van der Waals surface area contributed by atoms with Crippen LogP contribution in [0.15, 0.2) is 36.4 Å². The molecular formula is C19H31NO2. The van der Waals surface area contributed by atoms with Crippen molar-refractivity contribution in [1.82, 2.24) is 4.90 Å². The molecule has 1 rings (SSSR count). The molecule has 1 aromatic carbocycles. The largest absolute Gasteiger partial charge is 0.489 e. The van der Waals surface area contributed by atoms with Crippen LogP contribution in [0.4, 0.5) is 0 Å². The van der Waals surface area contributed by atoms with Crippen LogP contribution in [0, 0.1) is 0 Å². The Balaban J connectivity index is 2.47. The van der Waals surface area contributed by atoms with E-state index in [1.165, 1.54) is 0 Å². The van der Waals surface area contributed by atoms with Gasteiger partial charge in [0.05, 0.1) is 6.10 Å². The van der Waals surface area contributed by atoms with Gasteiger partial charge in [-0.1, -0.05) is 32.6 Å². The minimum atomic E-state index is -0.411. The fraction of sp³-hybridized carbons (Fsp3) is 0.579. The fourth-order valence-electron chi connectivity index (χ4n) is 2.43. The molecule has 1 aromatic rings. The molecule has 0 saturated heterocycles. The molecule has 0 bridgehead atoms. The third kappa shape index (κ3) is 7.10. The predicted octanol–water partition coefficient (Wildman–Crippen LogP) is 4.19. The lowest BCUT2D eigenvalue weighted by Gasteiger charge is -2.22. The average Bonchev–Trinajstić information content (AvgIpc) is 2.51. The second-order valence-corrected chi connectivity index (χ2v) is 5.96. The first-order valence-electron chi connectivity index (χ1n) is 8.34. The molecule has 1 unspecified atom stereocenters. The Hall–Kier alpha value is -1.32. The molecule has 0 amide bonds. The van der Waals surface area contributed by atoms with E-state index >= 15 is 0 Å². The van der Waals surface area contributed by atoms with E-state index in [-0.39, 0.29) is 0 Å². The van der Waals surface area contributed by atoms with Crippen LogP contribution >= 0.6 is 0 Å². The molecule has 0 aliphatic carbocycles. The van der Waals surface area contributed by atoms with Gasteiger partial charge in [0.1, 0.15) is 12.4 Å². The lowest BCUT2D eigenvalue weighted by Crippen LogP contribution is -2.27. The summed E-state index contributed by atoms with van der Waals surface area (Å²) in [5.41, 5.74) is 1.95. The van der Waals surface area contributed by atoms with Crippen molar-refractivity contribution in [3.05, 3.63) is 42.0 Å². The highest BCUT2D eigenvalue weighted by atomic mass is 16.5. The normalized spacial score (nSPS) is 12.4. The van der Waals surface area contributed by atoms with E-state index in [4.69, 9.17) is 4.74 Å². The van der Waals surface area contributed by atoms with Gasteiger partial charge in [-0.25, -0.2) is 0 Å². The van der Waals surface area contributed by atoms with E-state index in [1.807, 2.05) is 31.2 Å². The van der Waals surface area contributed by atoms with Crippen LogP contribution in [0.2, 0.25) is 0 Å². The van der Waals surface area contributed by atoms with Crippen LogP contribution in [-0.4, -0.2) is 36.2 Å². The monoisotopic (exact) mass is 305 g/mol. The lowest BCUT2D eigenvalue weighted by atomic mass is 10.1. The van der Waals surface area contributed by atoms with Gasteiger partial charge in [-0.05, 0) is 62.5 Å². The van der Waals surface area contributed by atoms with Crippen molar-refractivity contribution in [3.8, 4) is 5.75 Å². The average molecular weight is 305 g/mol. The van der Waals surface area contributed by atoms with Gasteiger partial charge in [-0.2, -0.15) is 0 Å². The smallest absolute Gasteiger partial charge is 0.119 e. The van der Waals surface area contributed by atoms with E-state index < -0.39 is 6.10 Å². The zero-order valence-corrected chi connectivity index (χ0v) is 14.3. The maximum absolute atomic E-state index is 10.3. The number of rotatable bonds is 11. The van der Waals surface area contributed by atoms with E-state index in [0.29, 0.717) is 6.61 Å². The molecule has 0 spiro atoms. The second-order valence-electron chi connectivity index (χ2n) is 5.96. The van der Waals surface area contributed by atoms with Crippen LogP contribution in [0.1, 0.15) is 51.7 Å². The number of aliphatic hydroxyl groups is 1. The topological polar surface area (TPSA) is 32.7 Å². The highest BCUT2D eigenvalue weighted by Crippen LogP contribution is 2.21. The zero-order chi connectivity index (χ0) is 16.4. The first kappa shape index (κ1) is 18.7. The minimum absolute atomic E-state index is 0.411. The van der Waals surface area contributed by atoms with Crippen LogP contribution < -0.4 is 4.74 Å². The van der Waals surface area contributed by atoms with Gasteiger partial charge in [-0.3, -0.25) is 0 Å². The maximum atomic E-state index is 10.3. The van der Waals surface area contributed by atoms with Gasteiger partial charge >= 0.3 is 0 Å². The summed E-state index contributed by atoms with van der Waals surface area (Å²) < 4.78 is 5.57. The lowest BCUT2D eigenvalue weighted by molar-refractivity contribution is 0.141. The van der Waals surface area contributed by atoms with Gasteiger partial charge < -0.3 is 14.7 Å². The van der Waals surface area contributed by atoms with Gasteiger partial charge in [0.2, 0.25) is 0 Å². The highest BCUT2D eigenvalue weighted by Gasteiger charge is 2.10. The van der Waals surface area contributed by atoms with Crippen molar-refractivity contribution in [3.63, 3.8) is 0 Å². The summed E-state index contributed by atoms with van der Waals surface area (Å²) in [6, 6.07) is 7.72. The van der Waals surface area contributed by atoms with E-state index in [0.717, 1.165) is 55.8 Å². The number of ether oxygens (including phenoxy) is 1. The number of hydrogen-bond acceptors (Lipinski definition) is 3. The van der Waals surface area contributed by atoms with Crippen molar-refractivity contribution in [2.45, 2.75) is 46.1 Å². The molecular weight excluding hydrogens is 274 g/mol. The minimum Gasteiger partial charge on any atom is -0.489 e. The summed E-state index contributed by atoms with van der Waals surface area (Å²) in [5, 5.41) is 10.3. The SMILES string of the molecule is C=C(C)COc1ccc(C(O)CCN(CCC)CCC)cc1. The Labute approximate surface area is 135 Å². The van der Waals surface area contributed by atoms with Crippen molar-refractivity contribution in [2.24, 2.45) is 0 Å². The predicted molar refractivity (Wildman–Crippen MR) is 93.3 cm³/mol. The number of benzene rings is 1. The Morgan fingerprint density at radius 1 is 1.14 bits per heavy atom. The molecule has 22 heavy (non-hydrogen) atoms. The highest BCUT2D eigenvalue weighted by molar-refractivity contribution is 5.28. The summed E-state index contributed by atoms with van der Waals surface area (Å²) in [6.45, 7) is 13.8. The summed E-state index contributed by atoms with van der Waals surface area (Å²) in [7, 11) is 0.